The Bertz CT molecular complexity index is 690. The zero-order valence-electron chi connectivity index (χ0n) is 10.7. The molecule has 1 heterocycles. The summed E-state index contributed by atoms with van der Waals surface area (Å²) in [4.78, 5) is 6.74. The first kappa shape index (κ1) is 12.9. The first-order valence-corrected chi connectivity index (χ1v) is 8.11. The van der Waals surface area contributed by atoms with E-state index in [0.717, 1.165) is 21.5 Å². The normalized spacial score (nSPS) is 10.8. The Balaban J connectivity index is 1.68. The first-order valence-electron chi connectivity index (χ1n) is 6.27. The van der Waals surface area contributed by atoms with Gasteiger partial charge in [-0.15, -0.1) is 0 Å². The van der Waals surface area contributed by atoms with Crippen LogP contribution in [-0.2, 0) is 0 Å². The quantitative estimate of drug-likeness (QED) is 0.454. The third-order valence-corrected chi connectivity index (χ3v) is 4.31. The molecule has 2 aromatic carbocycles. The van der Waals surface area contributed by atoms with Crippen LogP contribution in [0.4, 0.5) is 4.69 Å². The van der Waals surface area contributed by atoms with Crippen molar-refractivity contribution in [3.8, 4) is 11.3 Å². The molecule has 0 saturated carbocycles. The van der Waals surface area contributed by atoms with Gasteiger partial charge in [-0.25, -0.2) is 0 Å². The van der Waals surface area contributed by atoms with Crippen molar-refractivity contribution in [2.24, 2.45) is 5.10 Å². The van der Waals surface area contributed by atoms with Crippen molar-refractivity contribution in [2.75, 3.05) is 5.43 Å². The van der Waals surface area contributed by atoms with Crippen molar-refractivity contribution >= 4 is 25.4 Å². The van der Waals surface area contributed by atoms with Crippen molar-refractivity contribution in [1.29, 1.82) is 0 Å². The molecule has 20 heavy (non-hydrogen) atoms. The molecule has 3 rings (SSSR count). The van der Waals surface area contributed by atoms with Crippen molar-refractivity contribution in [2.45, 2.75) is 0 Å². The molecule has 1 aromatic heterocycles. The van der Waals surface area contributed by atoms with Gasteiger partial charge in [-0.2, -0.15) is 0 Å². The fourth-order valence-electron chi connectivity index (χ4n) is 1.77. The number of hydrogen-bond acceptors (Lipinski definition) is 3. The molecule has 4 heteroatoms. The van der Waals surface area contributed by atoms with Crippen molar-refractivity contribution < 1.29 is 0 Å². The SMILES string of the molecule is C(=NNc1nc(-c2ccccc2)c[se]1)c1ccccc1. The van der Waals surface area contributed by atoms with E-state index >= 15 is 0 Å². The van der Waals surface area contributed by atoms with E-state index in [2.05, 4.69) is 32.6 Å². The predicted octanol–water partition coefficient (Wildman–Crippen LogP) is 3.25. The van der Waals surface area contributed by atoms with Crippen LogP contribution >= 0.6 is 0 Å². The topological polar surface area (TPSA) is 37.3 Å². The van der Waals surface area contributed by atoms with Crippen LogP contribution in [0.15, 0.2) is 70.7 Å². The summed E-state index contributed by atoms with van der Waals surface area (Å²) in [6.07, 6.45) is 1.80. The Morgan fingerprint density at radius 1 is 0.950 bits per heavy atom. The third-order valence-electron chi connectivity index (χ3n) is 2.75. The maximum absolute atomic E-state index is 4.57. The standard InChI is InChI=1S/C16H13N3Se/c1-3-7-13(8-4-1)11-17-19-16-18-15(12-20-16)14-9-5-2-6-10-14/h1-12H,(H,18,19). The fraction of sp³-hybridized carbons (Fsp3) is 0. The van der Waals surface area contributed by atoms with E-state index in [1.807, 2.05) is 48.5 Å². The molecule has 3 aromatic rings. The Kier molecular flexibility index (Phi) is 4.07. The molecule has 0 spiro atoms. The van der Waals surface area contributed by atoms with Crippen LogP contribution < -0.4 is 5.43 Å². The van der Waals surface area contributed by atoms with Gasteiger partial charge >= 0.3 is 123 Å². The molecular weight excluding hydrogens is 313 g/mol. The molecule has 0 saturated heterocycles. The Morgan fingerprint density at radius 3 is 2.40 bits per heavy atom. The molecule has 0 unspecified atom stereocenters. The summed E-state index contributed by atoms with van der Waals surface area (Å²) in [6, 6.07) is 20.2. The summed E-state index contributed by atoms with van der Waals surface area (Å²) >= 11 is 0.221. The number of benzene rings is 2. The predicted molar refractivity (Wildman–Crippen MR) is 84.3 cm³/mol. The minimum absolute atomic E-state index is 0.221. The van der Waals surface area contributed by atoms with Gasteiger partial charge in [-0.05, 0) is 0 Å². The van der Waals surface area contributed by atoms with Crippen LogP contribution in [0.5, 0.6) is 0 Å². The number of anilines is 1. The van der Waals surface area contributed by atoms with Gasteiger partial charge in [0.15, 0.2) is 0 Å². The number of nitrogens with zero attached hydrogens (tertiary/aromatic N) is 2. The summed E-state index contributed by atoms with van der Waals surface area (Å²) < 4.78 is 0.934. The van der Waals surface area contributed by atoms with Crippen LogP contribution in [0.2, 0.25) is 0 Å². The molecule has 98 valence electrons. The fourth-order valence-corrected chi connectivity index (χ4v) is 3.17. The second kappa shape index (κ2) is 6.33. The monoisotopic (exact) mass is 327 g/mol. The van der Waals surface area contributed by atoms with Crippen molar-refractivity contribution in [3.05, 3.63) is 71.2 Å². The Labute approximate surface area is 123 Å². The van der Waals surface area contributed by atoms with Gasteiger partial charge in [0, 0.05) is 0 Å². The van der Waals surface area contributed by atoms with Gasteiger partial charge in [-0.1, -0.05) is 0 Å². The summed E-state index contributed by atoms with van der Waals surface area (Å²) in [5.74, 6) is 0. The van der Waals surface area contributed by atoms with E-state index in [1.54, 1.807) is 6.21 Å². The van der Waals surface area contributed by atoms with Gasteiger partial charge in [0.1, 0.15) is 0 Å². The molecule has 0 amide bonds. The van der Waals surface area contributed by atoms with Crippen LogP contribution in [0.25, 0.3) is 11.3 Å². The van der Waals surface area contributed by atoms with E-state index < -0.39 is 0 Å². The first-order chi connectivity index (χ1) is 9.92. The van der Waals surface area contributed by atoms with E-state index in [1.165, 1.54) is 0 Å². The van der Waals surface area contributed by atoms with Gasteiger partial charge in [0.25, 0.3) is 0 Å². The van der Waals surface area contributed by atoms with Gasteiger partial charge in [-0.3, -0.25) is 0 Å². The molecule has 0 bridgehead atoms. The van der Waals surface area contributed by atoms with Crippen LogP contribution in [0.1, 0.15) is 5.56 Å². The molecule has 0 fully saturated rings. The zero-order valence-corrected chi connectivity index (χ0v) is 12.4. The molecular formula is C16H13N3Se. The Hall–Kier alpha value is -2.16. The summed E-state index contributed by atoms with van der Waals surface area (Å²) in [6.45, 7) is 0. The number of rotatable bonds is 4. The van der Waals surface area contributed by atoms with E-state index in [4.69, 9.17) is 0 Å². The third kappa shape index (κ3) is 3.23. The average Bonchev–Trinajstić information content (AvgIpc) is 2.98. The van der Waals surface area contributed by atoms with E-state index in [9.17, 15) is 0 Å². The second-order valence-corrected chi connectivity index (χ2v) is 5.98. The Morgan fingerprint density at radius 2 is 1.65 bits per heavy atom. The summed E-state index contributed by atoms with van der Waals surface area (Å²) in [7, 11) is 0. The van der Waals surface area contributed by atoms with Crippen LogP contribution in [0, 0.1) is 0 Å². The van der Waals surface area contributed by atoms with E-state index in [-0.39, 0.29) is 14.5 Å². The molecule has 0 radical (unpaired) electrons. The molecule has 0 atom stereocenters. The van der Waals surface area contributed by atoms with Crippen LogP contribution in [0.3, 0.4) is 0 Å². The average molecular weight is 326 g/mol. The summed E-state index contributed by atoms with van der Waals surface area (Å²) in [5.41, 5.74) is 6.28. The van der Waals surface area contributed by atoms with Gasteiger partial charge < -0.3 is 0 Å². The van der Waals surface area contributed by atoms with Crippen molar-refractivity contribution in [1.82, 2.24) is 4.98 Å². The van der Waals surface area contributed by atoms with E-state index in [0.29, 0.717) is 0 Å². The minimum atomic E-state index is 0.221. The molecule has 0 aliphatic carbocycles. The zero-order chi connectivity index (χ0) is 13.6. The summed E-state index contributed by atoms with van der Waals surface area (Å²) in [5, 5.41) is 4.23. The van der Waals surface area contributed by atoms with Gasteiger partial charge in [0.2, 0.25) is 0 Å². The molecule has 0 aliphatic rings. The second-order valence-electron chi connectivity index (χ2n) is 4.18. The number of hydrazone groups is 1. The molecule has 3 nitrogen and oxygen atoms in total. The van der Waals surface area contributed by atoms with Gasteiger partial charge in [0.05, 0.1) is 0 Å². The number of nitrogens with one attached hydrogen (secondary N) is 1. The van der Waals surface area contributed by atoms with Crippen molar-refractivity contribution in [3.63, 3.8) is 0 Å². The van der Waals surface area contributed by atoms with Crippen LogP contribution in [-0.4, -0.2) is 25.7 Å². The number of aromatic nitrogens is 1. The molecule has 1 N–H and O–H groups in total. The number of hydrogen-bond donors (Lipinski definition) is 1. The maximum atomic E-state index is 4.57. The molecule has 0 aliphatic heterocycles.